The van der Waals surface area contributed by atoms with Gasteiger partial charge in [0.25, 0.3) is 12.4 Å². The number of hydrogen-bond donors (Lipinski definition) is 2. The molecule has 6 nitrogen and oxygen atoms in total. The summed E-state index contributed by atoms with van der Waals surface area (Å²) in [7, 11) is 0. The van der Waals surface area contributed by atoms with Crippen LogP contribution in [0.5, 0.6) is 0 Å². The van der Waals surface area contributed by atoms with E-state index >= 15 is 0 Å². The van der Waals surface area contributed by atoms with Crippen LogP contribution in [0, 0.1) is 11.3 Å². The van der Waals surface area contributed by atoms with Crippen LogP contribution in [0.2, 0.25) is 0 Å². The monoisotopic (exact) mass is 351 g/mol. The maximum atomic E-state index is 12.3. The minimum atomic E-state index is -0.250. The number of nitrogens with one attached hydrogen (secondary N) is 1. The Morgan fingerprint density at radius 1 is 1.19 bits per heavy atom. The van der Waals surface area contributed by atoms with Crippen molar-refractivity contribution in [1.29, 1.82) is 5.26 Å². The Hall–Kier alpha value is -3.17. The molecule has 0 saturated carbocycles. The molecule has 0 aromatic heterocycles. The van der Waals surface area contributed by atoms with Crippen LogP contribution in [0.3, 0.4) is 0 Å². The lowest BCUT2D eigenvalue weighted by molar-refractivity contribution is -0.122. The molecule has 6 heteroatoms. The normalized spacial score (nSPS) is 13.2. The van der Waals surface area contributed by atoms with Crippen LogP contribution in [0.1, 0.15) is 34.3 Å². The Bertz CT molecular complexity index is 776. The average molecular weight is 351 g/mol. The lowest BCUT2D eigenvalue weighted by Crippen LogP contribution is -2.18. The zero-order valence-corrected chi connectivity index (χ0v) is 14.4. The maximum Gasteiger partial charge on any atom is 0.290 e. The van der Waals surface area contributed by atoms with Crippen molar-refractivity contribution in [2.75, 3.05) is 18.4 Å². The minimum Gasteiger partial charge on any atom is -0.483 e. The van der Waals surface area contributed by atoms with Gasteiger partial charge in [-0.2, -0.15) is 5.26 Å². The minimum absolute atomic E-state index is 0.159. The molecule has 0 bridgehead atoms. The first kappa shape index (κ1) is 19.2. The van der Waals surface area contributed by atoms with Crippen molar-refractivity contribution < 1.29 is 14.7 Å². The fourth-order valence-corrected chi connectivity index (χ4v) is 2.85. The van der Waals surface area contributed by atoms with Crippen LogP contribution in [0.25, 0.3) is 0 Å². The molecule has 1 amide bonds. The number of hydrogen-bond acceptors (Lipinski definition) is 4. The quantitative estimate of drug-likeness (QED) is 0.826. The third kappa shape index (κ3) is 5.72. The van der Waals surface area contributed by atoms with E-state index in [9.17, 15) is 4.79 Å². The first-order chi connectivity index (χ1) is 12.7. The maximum absolute atomic E-state index is 12.3. The van der Waals surface area contributed by atoms with E-state index < -0.39 is 0 Å². The Labute approximate surface area is 152 Å². The van der Waals surface area contributed by atoms with Crippen LogP contribution in [-0.2, 0) is 11.3 Å². The van der Waals surface area contributed by atoms with Crippen molar-refractivity contribution in [3.63, 3.8) is 0 Å². The number of nitriles is 1. The number of anilines is 1. The molecule has 26 heavy (non-hydrogen) atoms. The third-order valence-corrected chi connectivity index (χ3v) is 4.07. The summed E-state index contributed by atoms with van der Waals surface area (Å²) in [5.41, 5.74) is 3.11. The van der Waals surface area contributed by atoms with Gasteiger partial charge in [-0.3, -0.25) is 14.5 Å². The van der Waals surface area contributed by atoms with E-state index in [1.807, 2.05) is 24.3 Å². The van der Waals surface area contributed by atoms with Crippen molar-refractivity contribution in [3.05, 3.63) is 65.2 Å². The fourth-order valence-electron chi connectivity index (χ4n) is 2.85. The highest BCUT2D eigenvalue weighted by atomic mass is 16.3. The summed E-state index contributed by atoms with van der Waals surface area (Å²) in [4.78, 5) is 23.1. The second kappa shape index (κ2) is 9.97. The topological polar surface area (TPSA) is 93.4 Å². The summed E-state index contributed by atoms with van der Waals surface area (Å²) in [5.74, 6) is -0.159. The molecule has 1 saturated heterocycles. The lowest BCUT2D eigenvalue weighted by Gasteiger charge is -2.15. The molecule has 0 spiro atoms. The number of nitrogens with zero attached hydrogens (tertiary/aromatic N) is 2. The van der Waals surface area contributed by atoms with Crippen molar-refractivity contribution in [2.45, 2.75) is 19.4 Å². The van der Waals surface area contributed by atoms with Crippen molar-refractivity contribution in [2.24, 2.45) is 0 Å². The van der Waals surface area contributed by atoms with Crippen molar-refractivity contribution >= 4 is 18.1 Å². The molecule has 1 heterocycles. The second-order valence-electron chi connectivity index (χ2n) is 5.93. The summed E-state index contributed by atoms with van der Waals surface area (Å²) in [6.45, 7) is 2.99. The van der Waals surface area contributed by atoms with Gasteiger partial charge in [0.2, 0.25) is 0 Å². The van der Waals surface area contributed by atoms with Gasteiger partial charge in [-0.25, -0.2) is 0 Å². The summed E-state index contributed by atoms with van der Waals surface area (Å²) in [5, 5.41) is 18.6. The number of rotatable bonds is 4. The third-order valence-electron chi connectivity index (χ3n) is 4.07. The van der Waals surface area contributed by atoms with Crippen LogP contribution in [0.4, 0.5) is 5.69 Å². The molecular weight excluding hydrogens is 330 g/mol. The highest BCUT2D eigenvalue weighted by molar-refractivity contribution is 6.04. The number of carboxylic acid groups (broad SMARTS) is 1. The molecule has 2 aromatic carbocycles. The van der Waals surface area contributed by atoms with Gasteiger partial charge in [0, 0.05) is 17.8 Å². The molecule has 134 valence electrons. The highest BCUT2D eigenvalue weighted by Crippen LogP contribution is 2.17. The second-order valence-corrected chi connectivity index (χ2v) is 5.93. The first-order valence-corrected chi connectivity index (χ1v) is 8.37. The predicted octanol–water partition coefficient (Wildman–Crippen LogP) is 3.11. The van der Waals surface area contributed by atoms with Gasteiger partial charge in [0.15, 0.2) is 0 Å². The van der Waals surface area contributed by atoms with Gasteiger partial charge in [0.1, 0.15) is 0 Å². The van der Waals surface area contributed by atoms with Gasteiger partial charge >= 0.3 is 0 Å². The molecule has 1 fully saturated rings. The smallest absolute Gasteiger partial charge is 0.290 e. The van der Waals surface area contributed by atoms with Crippen LogP contribution in [-0.4, -0.2) is 35.5 Å². The standard InChI is InChI=1S/C19H19N3O.CH2O2/c20-13-15-6-8-17(9-7-15)19(23)21-18-5-3-4-16(12-18)14-22-10-1-2-11-22;2-1-3/h3-9,12H,1-2,10-11,14H2,(H,21,23);1H,(H,2,3). The summed E-state index contributed by atoms with van der Waals surface area (Å²) < 4.78 is 0. The van der Waals surface area contributed by atoms with E-state index in [0.29, 0.717) is 11.1 Å². The SMILES string of the molecule is N#Cc1ccc(C(=O)Nc2cccc(CN3CCCC3)c2)cc1.O=CO. The van der Waals surface area contributed by atoms with Crippen LogP contribution in [0.15, 0.2) is 48.5 Å². The fraction of sp³-hybridized carbons (Fsp3) is 0.250. The zero-order chi connectivity index (χ0) is 18.8. The van der Waals surface area contributed by atoms with Gasteiger partial charge in [-0.1, -0.05) is 12.1 Å². The average Bonchev–Trinajstić information content (AvgIpc) is 3.16. The Kier molecular flexibility index (Phi) is 7.34. The molecule has 0 atom stereocenters. The largest absolute Gasteiger partial charge is 0.483 e. The van der Waals surface area contributed by atoms with Gasteiger partial charge in [-0.15, -0.1) is 0 Å². The van der Waals surface area contributed by atoms with Gasteiger partial charge in [0.05, 0.1) is 11.6 Å². The Morgan fingerprint density at radius 3 is 2.46 bits per heavy atom. The highest BCUT2D eigenvalue weighted by Gasteiger charge is 2.12. The predicted molar refractivity (Wildman–Crippen MR) is 98.8 cm³/mol. The van der Waals surface area contributed by atoms with Crippen molar-refractivity contribution in [1.82, 2.24) is 4.90 Å². The zero-order valence-electron chi connectivity index (χ0n) is 14.4. The molecule has 2 aromatic rings. The number of carbonyl (C=O) groups is 2. The lowest BCUT2D eigenvalue weighted by atomic mass is 10.1. The van der Waals surface area contributed by atoms with E-state index in [1.54, 1.807) is 24.3 Å². The summed E-state index contributed by atoms with van der Waals surface area (Å²) in [6.07, 6.45) is 2.55. The molecule has 0 unspecified atom stereocenters. The summed E-state index contributed by atoms with van der Waals surface area (Å²) >= 11 is 0. The Balaban J connectivity index is 0.000000758. The van der Waals surface area contributed by atoms with Gasteiger partial charge < -0.3 is 10.4 Å². The van der Waals surface area contributed by atoms with Crippen molar-refractivity contribution in [3.8, 4) is 6.07 Å². The molecule has 1 aliphatic heterocycles. The van der Waals surface area contributed by atoms with E-state index in [4.69, 9.17) is 15.2 Å². The van der Waals surface area contributed by atoms with E-state index in [1.165, 1.54) is 18.4 Å². The number of benzene rings is 2. The first-order valence-electron chi connectivity index (χ1n) is 8.37. The number of amides is 1. The Morgan fingerprint density at radius 2 is 1.85 bits per heavy atom. The van der Waals surface area contributed by atoms with E-state index in [-0.39, 0.29) is 12.4 Å². The summed E-state index contributed by atoms with van der Waals surface area (Å²) in [6, 6.07) is 16.7. The molecular formula is C20H21N3O3. The molecule has 3 rings (SSSR count). The van der Waals surface area contributed by atoms with E-state index in [0.717, 1.165) is 25.3 Å². The molecule has 1 aliphatic rings. The molecule has 0 radical (unpaired) electrons. The van der Waals surface area contributed by atoms with Gasteiger partial charge in [-0.05, 0) is 67.9 Å². The number of carbonyl (C=O) groups excluding carboxylic acids is 1. The van der Waals surface area contributed by atoms with E-state index in [2.05, 4.69) is 16.3 Å². The van der Waals surface area contributed by atoms with Crippen LogP contribution < -0.4 is 5.32 Å². The number of likely N-dealkylation sites (tertiary alicyclic amines) is 1. The molecule has 2 N–H and O–H groups in total. The molecule has 0 aliphatic carbocycles. The van der Waals surface area contributed by atoms with Crippen LogP contribution >= 0.6 is 0 Å².